The standard InChI is InChI=1S/C22H33N5O.HI/c1-4-19-11-8-12-20(16-19)26-21(28)17-25-22(23-5-2)24-13-9-15-27-14-7-6-10-18(27)3;/h1,8,11-12,16,18H,5-7,9-10,13-15,17H2,2-3H3,(H,26,28)(H2,23,24,25);1H. The van der Waals surface area contributed by atoms with Gasteiger partial charge in [-0.05, 0) is 57.9 Å². The maximum absolute atomic E-state index is 12.2. The number of likely N-dealkylation sites (tertiary alicyclic amines) is 1. The third kappa shape index (κ3) is 9.50. The summed E-state index contributed by atoms with van der Waals surface area (Å²) in [6.07, 6.45) is 10.4. The molecule has 0 aromatic heterocycles. The number of benzene rings is 1. The minimum Gasteiger partial charge on any atom is -0.357 e. The molecule has 0 saturated carbocycles. The number of rotatable bonds is 8. The van der Waals surface area contributed by atoms with E-state index in [1.54, 1.807) is 6.07 Å². The normalized spacial score (nSPS) is 17.0. The predicted molar refractivity (Wildman–Crippen MR) is 132 cm³/mol. The van der Waals surface area contributed by atoms with Crippen LogP contribution in [0.5, 0.6) is 0 Å². The van der Waals surface area contributed by atoms with E-state index in [2.05, 4.69) is 38.7 Å². The van der Waals surface area contributed by atoms with Gasteiger partial charge in [-0.3, -0.25) is 4.79 Å². The van der Waals surface area contributed by atoms with Gasteiger partial charge in [0.15, 0.2) is 5.96 Å². The Morgan fingerprint density at radius 1 is 1.34 bits per heavy atom. The van der Waals surface area contributed by atoms with Crippen LogP contribution in [0.3, 0.4) is 0 Å². The maximum Gasteiger partial charge on any atom is 0.246 e. The number of terminal acetylenes is 1. The molecule has 0 aliphatic carbocycles. The van der Waals surface area contributed by atoms with E-state index in [1.165, 1.54) is 25.8 Å². The molecule has 7 heteroatoms. The number of nitrogens with one attached hydrogen (secondary N) is 3. The number of carbonyl (C=O) groups excluding carboxylic acids is 1. The lowest BCUT2D eigenvalue weighted by Gasteiger charge is -2.33. The molecule has 1 saturated heterocycles. The molecule has 1 fully saturated rings. The number of piperidine rings is 1. The third-order valence-electron chi connectivity index (χ3n) is 4.89. The number of carbonyl (C=O) groups is 1. The molecule has 1 aromatic rings. The molecule has 0 bridgehead atoms. The van der Waals surface area contributed by atoms with Crippen LogP contribution in [0, 0.1) is 12.3 Å². The molecule has 2 rings (SSSR count). The van der Waals surface area contributed by atoms with Crippen molar-refractivity contribution in [2.75, 3.05) is 38.0 Å². The second-order valence-electron chi connectivity index (χ2n) is 7.13. The summed E-state index contributed by atoms with van der Waals surface area (Å²) in [6, 6.07) is 7.92. The summed E-state index contributed by atoms with van der Waals surface area (Å²) in [7, 11) is 0. The molecule has 160 valence electrons. The van der Waals surface area contributed by atoms with Crippen LogP contribution in [0.4, 0.5) is 5.69 Å². The monoisotopic (exact) mass is 511 g/mol. The van der Waals surface area contributed by atoms with Gasteiger partial charge in [-0.15, -0.1) is 30.4 Å². The van der Waals surface area contributed by atoms with Gasteiger partial charge in [0.05, 0.1) is 0 Å². The average molecular weight is 511 g/mol. The minimum absolute atomic E-state index is 0. The number of hydrogen-bond acceptors (Lipinski definition) is 3. The van der Waals surface area contributed by atoms with Crippen molar-refractivity contribution < 1.29 is 4.79 Å². The van der Waals surface area contributed by atoms with Crippen molar-refractivity contribution in [3.05, 3.63) is 29.8 Å². The molecule has 1 atom stereocenters. The van der Waals surface area contributed by atoms with Crippen molar-refractivity contribution in [1.29, 1.82) is 0 Å². The van der Waals surface area contributed by atoms with Crippen molar-refractivity contribution in [3.63, 3.8) is 0 Å². The van der Waals surface area contributed by atoms with Crippen LogP contribution in [-0.4, -0.2) is 55.5 Å². The van der Waals surface area contributed by atoms with Gasteiger partial charge in [0, 0.05) is 36.9 Å². The molecule has 29 heavy (non-hydrogen) atoms. The number of nitrogens with zero attached hydrogens (tertiary/aromatic N) is 2. The Morgan fingerprint density at radius 3 is 2.90 bits per heavy atom. The van der Waals surface area contributed by atoms with Crippen molar-refractivity contribution in [2.45, 2.75) is 45.6 Å². The summed E-state index contributed by atoms with van der Waals surface area (Å²) < 4.78 is 0. The fraction of sp³-hybridized carbons (Fsp3) is 0.545. The molecule has 0 spiro atoms. The van der Waals surface area contributed by atoms with Gasteiger partial charge < -0.3 is 20.9 Å². The topological polar surface area (TPSA) is 68.8 Å². The summed E-state index contributed by atoms with van der Waals surface area (Å²) in [5.41, 5.74) is 1.42. The summed E-state index contributed by atoms with van der Waals surface area (Å²) in [6.45, 7) is 8.27. The van der Waals surface area contributed by atoms with Gasteiger partial charge >= 0.3 is 0 Å². The fourth-order valence-electron chi connectivity index (χ4n) is 3.36. The molecule has 1 aliphatic heterocycles. The van der Waals surface area contributed by atoms with E-state index >= 15 is 0 Å². The van der Waals surface area contributed by atoms with Crippen LogP contribution in [0.1, 0.15) is 45.1 Å². The maximum atomic E-state index is 12.2. The molecular formula is C22H34IN5O. The smallest absolute Gasteiger partial charge is 0.246 e. The van der Waals surface area contributed by atoms with E-state index in [1.807, 2.05) is 25.1 Å². The summed E-state index contributed by atoms with van der Waals surface area (Å²) >= 11 is 0. The van der Waals surface area contributed by atoms with Gasteiger partial charge in [0.2, 0.25) is 5.91 Å². The van der Waals surface area contributed by atoms with E-state index < -0.39 is 0 Å². The lowest BCUT2D eigenvalue weighted by atomic mass is 10.0. The highest BCUT2D eigenvalue weighted by molar-refractivity contribution is 14.0. The second kappa shape index (κ2) is 14.2. The van der Waals surface area contributed by atoms with Gasteiger partial charge in [-0.25, -0.2) is 4.99 Å². The van der Waals surface area contributed by atoms with E-state index in [-0.39, 0.29) is 36.4 Å². The molecule has 0 radical (unpaired) electrons. The largest absolute Gasteiger partial charge is 0.357 e. The van der Waals surface area contributed by atoms with Crippen LogP contribution < -0.4 is 16.0 Å². The molecule has 1 aromatic carbocycles. The molecule has 1 heterocycles. The first-order valence-electron chi connectivity index (χ1n) is 10.2. The summed E-state index contributed by atoms with van der Waals surface area (Å²) in [4.78, 5) is 19.1. The molecule has 6 nitrogen and oxygen atoms in total. The summed E-state index contributed by atoms with van der Waals surface area (Å²) in [5, 5.41) is 9.33. The van der Waals surface area contributed by atoms with E-state index in [4.69, 9.17) is 6.42 Å². The first kappa shape index (κ1) is 25.2. The van der Waals surface area contributed by atoms with Crippen LogP contribution in [0.2, 0.25) is 0 Å². The third-order valence-corrected chi connectivity index (χ3v) is 4.89. The van der Waals surface area contributed by atoms with E-state index in [0.717, 1.165) is 31.6 Å². The van der Waals surface area contributed by atoms with E-state index in [9.17, 15) is 4.79 Å². The fourth-order valence-corrected chi connectivity index (χ4v) is 3.36. The zero-order valence-corrected chi connectivity index (χ0v) is 19.9. The molecule has 1 unspecified atom stereocenters. The number of halogens is 1. The SMILES string of the molecule is C#Cc1cccc(NC(=O)CN=C(NCC)NCCCN2CCCCC2C)c1.I. The lowest BCUT2D eigenvalue weighted by Crippen LogP contribution is -2.41. The highest BCUT2D eigenvalue weighted by Crippen LogP contribution is 2.16. The van der Waals surface area contributed by atoms with Gasteiger partial charge in [0.1, 0.15) is 6.54 Å². The summed E-state index contributed by atoms with van der Waals surface area (Å²) in [5.74, 6) is 3.06. The Kier molecular flexibility index (Phi) is 12.4. The average Bonchev–Trinajstić information content (AvgIpc) is 2.70. The van der Waals surface area contributed by atoms with Crippen LogP contribution in [0.25, 0.3) is 0 Å². The number of anilines is 1. The van der Waals surface area contributed by atoms with Crippen LogP contribution in [0.15, 0.2) is 29.3 Å². The van der Waals surface area contributed by atoms with Crippen molar-refractivity contribution in [2.24, 2.45) is 4.99 Å². The highest BCUT2D eigenvalue weighted by atomic mass is 127. The number of guanidine groups is 1. The Hall–Kier alpha value is -1.79. The Balaban J connectivity index is 0.00000420. The number of hydrogen-bond donors (Lipinski definition) is 3. The van der Waals surface area contributed by atoms with Gasteiger partial charge in [0.25, 0.3) is 0 Å². The van der Waals surface area contributed by atoms with Crippen LogP contribution >= 0.6 is 24.0 Å². The highest BCUT2D eigenvalue weighted by Gasteiger charge is 2.17. The van der Waals surface area contributed by atoms with Crippen molar-refractivity contribution in [3.8, 4) is 12.3 Å². The Labute approximate surface area is 192 Å². The van der Waals surface area contributed by atoms with Gasteiger partial charge in [-0.1, -0.05) is 18.4 Å². The number of aliphatic imine (C=N–C) groups is 1. The first-order valence-corrected chi connectivity index (χ1v) is 10.2. The lowest BCUT2D eigenvalue weighted by molar-refractivity contribution is -0.114. The predicted octanol–water partition coefficient (Wildman–Crippen LogP) is 3.04. The quantitative estimate of drug-likeness (QED) is 0.165. The Bertz CT molecular complexity index is 701. The molecule has 3 N–H and O–H groups in total. The molecule has 1 aliphatic rings. The van der Waals surface area contributed by atoms with Crippen LogP contribution in [-0.2, 0) is 4.79 Å². The van der Waals surface area contributed by atoms with Crippen molar-refractivity contribution >= 4 is 41.5 Å². The number of amides is 1. The Morgan fingerprint density at radius 2 is 2.17 bits per heavy atom. The minimum atomic E-state index is -0.173. The second-order valence-corrected chi connectivity index (χ2v) is 7.13. The van der Waals surface area contributed by atoms with E-state index in [0.29, 0.717) is 17.7 Å². The van der Waals surface area contributed by atoms with Gasteiger partial charge in [-0.2, -0.15) is 0 Å². The first-order chi connectivity index (χ1) is 13.6. The molecular weight excluding hydrogens is 477 g/mol. The van der Waals surface area contributed by atoms with Crippen molar-refractivity contribution in [1.82, 2.24) is 15.5 Å². The molecule has 1 amide bonds. The zero-order chi connectivity index (χ0) is 20.2. The zero-order valence-electron chi connectivity index (χ0n) is 17.5.